The van der Waals surface area contributed by atoms with Gasteiger partial charge in [-0.2, -0.15) is 0 Å². The summed E-state index contributed by atoms with van der Waals surface area (Å²) in [7, 11) is 0. The fourth-order valence-corrected chi connectivity index (χ4v) is 4.51. The van der Waals surface area contributed by atoms with Crippen molar-refractivity contribution >= 4 is 29.1 Å². The van der Waals surface area contributed by atoms with Crippen molar-refractivity contribution in [3.05, 3.63) is 29.0 Å². The lowest BCUT2D eigenvalue weighted by Crippen LogP contribution is -3.19. The Hall–Kier alpha value is -1.66. The number of likely N-dealkylation sites (tertiary alicyclic amines) is 1. The van der Waals surface area contributed by atoms with Gasteiger partial charge in [0.15, 0.2) is 0 Å². The van der Waals surface area contributed by atoms with Crippen LogP contribution in [0.25, 0.3) is 0 Å². The van der Waals surface area contributed by atoms with Crippen LogP contribution < -0.4 is 15.1 Å². The zero-order chi connectivity index (χ0) is 19.6. The largest absolute Gasteiger partial charge is 0.350 e. The van der Waals surface area contributed by atoms with Gasteiger partial charge in [-0.3, -0.25) is 9.59 Å². The van der Waals surface area contributed by atoms with Gasteiger partial charge in [-0.25, -0.2) is 4.39 Å². The number of carbonyl (C=O) groups is 2. The molecular formula is C20H28ClFN3O2+. The van der Waals surface area contributed by atoms with Crippen LogP contribution >= 0.6 is 11.6 Å². The van der Waals surface area contributed by atoms with Crippen LogP contribution in [0.2, 0.25) is 5.02 Å². The Bertz CT molecular complexity index is 704. The first-order valence-corrected chi connectivity index (χ1v) is 10.1. The van der Waals surface area contributed by atoms with Crippen LogP contribution in [0.3, 0.4) is 0 Å². The Balaban J connectivity index is 1.52. The number of halogens is 2. The molecule has 2 aliphatic rings. The van der Waals surface area contributed by atoms with E-state index < -0.39 is 5.82 Å². The summed E-state index contributed by atoms with van der Waals surface area (Å²) in [4.78, 5) is 27.9. The predicted octanol–water partition coefficient (Wildman–Crippen LogP) is 1.79. The molecule has 0 aliphatic carbocycles. The summed E-state index contributed by atoms with van der Waals surface area (Å²) in [6, 6.07) is 5.43. The molecule has 0 aromatic heterocycles. The SMILES string of the molecule is CC1CCCC(C)[NH+]1CCNC(=O)C1CC(=O)N(c2ccc(F)c(Cl)c2)C1. The van der Waals surface area contributed by atoms with Crippen LogP contribution in [0.15, 0.2) is 18.2 Å². The lowest BCUT2D eigenvalue weighted by molar-refractivity contribution is -0.950. The van der Waals surface area contributed by atoms with E-state index in [2.05, 4.69) is 19.2 Å². The van der Waals surface area contributed by atoms with Crippen LogP contribution in [0.4, 0.5) is 10.1 Å². The monoisotopic (exact) mass is 396 g/mol. The Morgan fingerprint density at radius 3 is 2.70 bits per heavy atom. The quantitative estimate of drug-likeness (QED) is 0.797. The standard InChI is InChI=1S/C20H27ClFN3O2/c1-13-4-3-5-14(2)24(13)9-8-23-20(27)15-10-19(26)25(12-15)16-6-7-18(22)17(21)11-16/h6-7,11,13-15H,3-5,8-10,12H2,1-2H3,(H,23,27)/p+1. The molecule has 27 heavy (non-hydrogen) atoms. The Labute approximate surface area is 164 Å². The number of nitrogens with one attached hydrogen (secondary N) is 2. The van der Waals surface area contributed by atoms with Gasteiger partial charge in [0.25, 0.3) is 0 Å². The molecule has 2 heterocycles. The minimum Gasteiger partial charge on any atom is -0.350 e. The summed E-state index contributed by atoms with van der Waals surface area (Å²) >= 11 is 5.81. The summed E-state index contributed by atoms with van der Waals surface area (Å²) in [5.74, 6) is -1.13. The highest BCUT2D eigenvalue weighted by atomic mass is 35.5. The molecule has 2 saturated heterocycles. The molecule has 0 saturated carbocycles. The molecule has 3 atom stereocenters. The van der Waals surface area contributed by atoms with Crippen molar-refractivity contribution in [2.75, 3.05) is 24.5 Å². The van der Waals surface area contributed by atoms with E-state index >= 15 is 0 Å². The molecule has 0 spiro atoms. The molecule has 1 aromatic carbocycles. The second kappa shape index (κ2) is 8.57. The third-order valence-electron chi connectivity index (χ3n) is 5.96. The number of benzene rings is 1. The third-order valence-corrected chi connectivity index (χ3v) is 6.25. The van der Waals surface area contributed by atoms with E-state index in [1.807, 2.05) is 0 Å². The maximum absolute atomic E-state index is 13.3. The summed E-state index contributed by atoms with van der Waals surface area (Å²) in [6.07, 6.45) is 3.93. The number of hydrogen-bond acceptors (Lipinski definition) is 2. The van der Waals surface area contributed by atoms with Crippen molar-refractivity contribution < 1.29 is 18.9 Å². The molecule has 0 bridgehead atoms. The molecule has 3 rings (SSSR count). The molecule has 2 aliphatic heterocycles. The Morgan fingerprint density at radius 1 is 1.33 bits per heavy atom. The fourth-order valence-electron chi connectivity index (χ4n) is 4.34. The fraction of sp³-hybridized carbons (Fsp3) is 0.600. The number of quaternary nitrogens is 1. The second-order valence-electron chi connectivity index (χ2n) is 7.85. The van der Waals surface area contributed by atoms with Gasteiger partial charge in [0.2, 0.25) is 11.8 Å². The van der Waals surface area contributed by atoms with E-state index in [4.69, 9.17) is 11.6 Å². The summed E-state index contributed by atoms with van der Waals surface area (Å²) in [5.41, 5.74) is 0.530. The molecule has 2 amide bonds. The van der Waals surface area contributed by atoms with Crippen molar-refractivity contribution in [2.45, 2.75) is 51.6 Å². The minimum absolute atomic E-state index is 0.0269. The van der Waals surface area contributed by atoms with Crippen molar-refractivity contribution in [1.82, 2.24) is 5.32 Å². The lowest BCUT2D eigenvalue weighted by atomic mass is 9.98. The van der Waals surface area contributed by atoms with Gasteiger partial charge in [0.1, 0.15) is 5.82 Å². The van der Waals surface area contributed by atoms with E-state index in [-0.39, 0.29) is 29.2 Å². The van der Waals surface area contributed by atoms with Gasteiger partial charge in [-0.15, -0.1) is 0 Å². The first-order valence-electron chi connectivity index (χ1n) is 9.75. The maximum atomic E-state index is 13.3. The van der Waals surface area contributed by atoms with Crippen molar-refractivity contribution in [3.8, 4) is 0 Å². The first-order chi connectivity index (χ1) is 12.9. The van der Waals surface area contributed by atoms with Crippen LogP contribution in [-0.4, -0.2) is 43.5 Å². The smallest absolute Gasteiger partial charge is 0.227 e. The second-order valence-corrected chi connectivity index (χ2v) is 8.26. The van der Waals surface area contributed by atoms with E-state index in [0.717, 1.165) is 6.54 Å². The normalized spacial score (nSPS) is 28.4. The topological polar surface area (TPSA) is 53.9 Å². The molecule has 2 fully saturated rings. The number of rotatable bonds is 5. The molecule has 2 N–H and O–H groups in total. The first kappa shape index (κ1) is 20.1. The van der Waals surface area contributed by atoms with E-state index in [1.165, 1.54) is 42.4 Å². The number of carbonyl (C=O) groups excluding carboxylic acids is 2. The minimum atomic E-state index is -0.523. The molecule has 148 valence electrons. The Kier molecular flexibility index (Phi) is 6.37. The van der Waals surface area contributed by atoms with Crippen LogP contribution in [0.5, 0.6) is 0 Å². The highest BCUT2D eigenvalue weighted by molar-refractivity contribution is 6.31. The number of anilines is 1. The molecular weight excluding hydrogens is 369 g/mol. The summed E-state index contributed by atoms with van der Waals surface area (Å²) < 4.78 is 13.3. The Morgan fingerprint density at radius 2 is 2.04 bits per heavy atom. The van der Waals surface area contributed by atoms with Crippen molar-refractivity contribution in [1.29, 1.82) is 0 Å². The molecule has 1 aromatic rings. The van der Waals surface area contributed by atoms with Crippen LogP contribution in [0.1, 0.15) is 39.5 Å². The van der Waals surface area contributed by atoms with Crippen molar-refractivity contribution in [3.63, 3.8) is 0 Å². The lowest BCUT2D eigenvalue weighted by Gasteiger charge is -2.35. The molecule has 5 nitrogen and oxygen atoms in total. The zero-order valence-corrected chi connectivity index (χ0v) is 16.7. The number of nitrogens with zero attached hydrogens (tertiary/aromatic N) is 1. The molecule has 7 heteroatoms. The average Bonchev–Trinajstić information content (AvgIpc) is 3.01. The number of amides is 2. The van der Waals surface area contributed by atoms with Gasteiger partial charge in [-0.05, 0) is 51.3 Å². The highest BCUT2D eigenvalue weighted by Crippen LogP contribution is 2.28. The maximum Gasteiger partial charge on any atom is 0.227 e. The van der Waals surface area contributed by atoms with E-state index in [1.54, 1.807) is 4.90 Å². The van der Waals surface area contributed by atoms with Crippen LogP contribution in [0, 0.1) is 11.7 Å². The number of piperidine rings is 1. The zero-order valence-electron chi connectivity index (χ0n) is 15.9. The molecule has 0 radical (unpaired) electrons. The van der Waals surface area contributed by atoms with Crippen molar-refractivity contribution in [2.24, 2.45) is 5.92 Å². The number of hydrogen-bond donors (Lipinski definition) is 2. The van der Waals surface area contributed by atoms with E-state index in [9.17, 15) is 14.0 Å². The van der Waals surface area contributed by atoms with Gasteiger partial charge in [-0.1, -0.05) is 11.6 Å². The van der Waals surface area contributed by atoms with Gasteiger partial charge < -0.3 is 15.1 Å². The third kappa shape index (κ3) is 4.61. The molecule has 3 unspecified atom stereocenters. The highest BCUT2D eigenvalue weighted by Gasteiger charge is 2.35. The van der Waals surface area contributed by atoms with Gasteiger partial charge in [0.05, 0.1) is 36.1 Å². The van der Waals surface area contributed by atoms with Crippen LogP contribution in [-0.2, 0) is 9.59 Å². The summed E-state index contributed by atoms with van der Waals surface area (Å²) in [5, 5.41) is 2.97. The van der Waals surface area contributed by atoms with Gasteiger partial charge in [0, 0.05) is 18.7 Å². The van der Waals surface area contributed by atoms with Gasteiger partial charge >= 0.3 is 0 Å². The summed E-state index contributed by atoms with van der Waals surface area (Å²) in [6.45, 7) is 6.38. The average molecular weight is 397 g/mol. The van der Waals surface area contributed by atoms with E-state index in [0.29, 0.717) is 30.9 Å². The predicted molar refractivity (Wildman–Crippen MR) is 103 cm³/mol.